The second-order valence-corrected chi connectivity index (χ2v) is 17.7. The van der Waals surface area contributed by atoms with Gasteiger partial charge in [0.05, 0.1) is 50.7 Å². The van der Waals surface area contributed by atoms with E-state index in [9.17, 15) is 24.3 Å². The number of phenols is 1. The van der Waals surface area contributed by atoms with Crippen LogP contribution in [0.2, 0.25) is 25.1 Å². The van der Waals surface area contributed by atoms with E-state index in [2.05, 4.69) is 62.4 Å². The smallest absolute Gasteiger partial charge is 0.335 e. The van der Waals surface area contributed by atoms with E-state index in [1.54, 1.807) is 38.0 Å². The van der Waals surface area contributed by atoms with Gasteiger partial charge in [0.1, 0.15) is 21.3 Å². The van der Waals surface area contributed by atoms with Gasteiger partial charge in [0.25, 0.3) is 0 Å². The minimum Gasteiger partial charge on any atom is -0.505 e. The van der Waals surface area contributed by atoms with Crippen LogP contribution in [-0.2, 0) is 32.0 Å². The van der Waals surface area contributed by atoms with Gasteiger partial charge in [-0.25, -0.2) is 19.6 Å². The summed E-state index contributed by atoms with van der Waals surface area (Å²) in [5, 5.41) is 41.5. The number of pyridine rings is 2. The topological polar surface area (TPSA) is 211 Å². The van der Waals surface area contributed by atoms with Crippen LogP contribution in [0.15, 0.2) is 85.2 Å². The summed E-state index contributed by atoms with van der Waals surface area (Å²) in [5.41, 5.74) is 12.2. The molecule has 0 saturated carbocycles. The molecule has 0 aliphatic carbocycles. The van der Waals surface area contributed by atoms with Crippen molar-refractivity contribution in [1.29, 1.82) is 0 Å². The average Bonchev–Trinajstić information content (AvgIpc) is 3.84. The van der Waals surface area contributed by atoms with E-state index in [0.29, 0.717) is 12.8 Å². The predicted molar refractivity (Wildman–Crippen MR) is 265 cm³/mol. The summed E-state index contributed by atoms with van der Waals surface area (Å²) < 4.78 is 4.07. The number of carbonyl (C=O) groups is 4. The van der Waals surface area contributed by atoms with Crippen molar-refractivity contribution in [2.45, 2.75) is 52.7 Å². The van der Waals surface area contributed by atoms with Gasteiger partial charge in [0.15, 0.2) is 18.0 Å². The monoisotopic (exact) mass is 1030 g/mol. The number of aromatic hydroxyl groups is 1. The Kier molecular flexibility index (Phi) is 19.2. The maximum Gasteiger partial charge on any atom is 0.335 e. The Morgan fingerprint density at radius 3 is 1.10 bits per heavy atom. The van der Waals surface area contributed by atoms with Crippen LogP contribution < -0.4 is 0 Å². The molecule has 68 heavy (non-hydrogen) atoms. The highest BCUT2D eigenvalue weighted by molar-refractivity contribution is 6.55. The number of carboxylic acids is 2. The number of aliphatic carboxylic acids is 2. The fourth-order valence-electron chi connectivity index (χ4n) is 6.09. The highest BCUT2D eigenvalue weighted by Crippen LogP contribution is 2.47. The van der Waals surface area contributed by atoms with Crippen molar-refractivity contribution in [3.8, 4) is 28.3 Å². The number of hydrogen-bond acceptors (Lipinski definition) is 9. The van der Waals surface area contributed by atoms with Crippen LogP contribution in [0.1, 0.15) is 33.6 Å². The van der Waals surface area contributed by atoms with Gasteiger partial charge in [0.2, 0.25) is 11.8 Å². The highest BCUT2D eigenvalue weighted by Gasteiger charge is 2.29. The van der Waals surface area contributed by atoms with Gasteiger partial charge in [-0.15, -0.1) is 0 Å². The number of carbonyl (C=O) groups excluding carboxylic acids is 2. The van der Waals surface area contributed by atoms with Gasteiger partial charge in [-0.1, -0.05) is 130 Å². The number of aryl methyl sites for hydroxylation is 4. The molecule has 2 amide bonds. The molecule has 7 aromatic rings. The summed E-state index contributed by atoms with van der Waals surface area (Å²) in [6, 6.07) is 24.6. The van der Waals surface area contributed by atoms with E-state index >= 15 is 0 Å². The van der Waals surface area contributed by atoms with Gasteiger partial charge in [-0.2, -0.15) is 0 Å². The SMILES string of the molecule is Cc1ccc(-c2nc3ccc(C)cn3c2CC(=O)N(C)C)cc1.Cc1ccc(-c2nc3ccc(C)cn3c2CC(=O)N(C)C)cc1.O=C(O)C(O)C(O)C(=O)O.Oc1c(Cl)c(Cl)c(Cl)c(Cl)c1Cl. The summed E-state index contributed by atoms with van der Waals surface area (Å²) in [7, 11) is 7.12. The number of benzene rings is 3. The van der Waals surface area contributed by atoms with Crippen molar-refractivity contribution in [2.24, 2.45) is 0 Å². The molecule has 4 aromatic heterocycles. The van der Waals surface area contributed by atoms with Crippen molar-refractivity contribution < 1.29 is 44.7 Å². The van der Waals surface area contributed by atoms with Crippen LogP contribution in [0.25, 0.3) is 33.8 Å². The summed E-state index contributed by atoms with van der Waals surface area (Å²) in [6.45, 7) is 8.21. The third-order valence-electron chi connectivity index (χ3n) is 10.0. The molecule has 3 aromatic carbocycles. The lowest BCUT2D eigenvalue weighted by atomic mass is 10.1. The number of amides is 2. The Hall–Kier alpha value is -5.91. The number of nitrogens with zero attached hydrogens (tertiary/aromatic N) is 6. The van der Waals surface area contributed by atoms with Crippen LogP contribution in [-0.4, -0.2) is 118 Å². The van der Waals surface area contributed by atoms with Crippen LogP contribution in [0.4, 0.5) is 0 Å². The van der Waals surface area contributed by atoms with E-state index in [1.807, 2.05) is 59.3 Å². The molecule has 2 atom stereocenters. The molecule has 0 bridgehead atoms. The largest absolute Gasteiger partial charge is 0.505 e. The van der Waals surface area contributed by atoms with Gasteiger partial charge >= 0.3 is 11.9 Å². The van der Waals surface area contributed by atoms with Gasteiger partial charge in [0, 0.05) is 51.7 Å². The van der Waals surface area contributed by atoms with Crippen molar-refractivity contribution in [3.63, 3.8) is 0 Å². The fraction of sp³-hybridized carbons (Fsp3) is 0.250. The van der Waals surface area contributed by atoms with E-state index in [-0.39, 0.29) is 42.7 Å². The van der Waals surface area contributed by atoms with Crippen molar-refractivity contribution in [1.82, 2.24) is 28.6 Å². The normalized spacial score (nSPS) is 11.6. The minimum absolute atomic E-state index is 0.00904. The van der Waals surface area contributed by atoms with Crippen LogP contribution >= 0.6 is 58.0 Å². The average molecular weight is 1030 g/mol. The Bertz CT molecular complexity index is 2690. The molecule has 0 aliphatic heterocycles. The van der Waals surface area contributed by atoms with E-state index in [1.165, 1.54) is 11.1 Å². The second kappa shape index (κ2) is 23.9. The maximum absolute atomic E-state index is 12.3. The molecule has 15 nitrogen and oxygen atoms in total. The Morgan fingerprint density at radius 1 is 0.515 bits per heavy atom. The number of rotatable bonds is 9. The van der Waals surface area contributed by atoms with Crippen molar-refractivity contribution in [3.05, 3.63) is 144 Å². The van der Waals surface area contributed by atoms with E-state index in [4.69, 9.17) is 88.4 Å². The van der Waals surface area contributed by atoms with E-state index < -0.39 is 24.1 Å². The van der Waals surface area contributed by atoms with Crippen LogP contribution in [0, 0.1) is 27.7 Å². The molecule has 360 valence electrons. The third kappa shape index (κ3) is 13.6. The molecule has 0 radical (unpaired) electrons. The zero-order valence-electron chi connectivity index (χ0n) is 38.1. The zero-order chi connectivity index (χ0) is 50.9. The zero-order valence-corrected chi connectivity index (χ0v) is 41.9. The quantitative estimate of drug-likeness (QED) is 0.0680. The highest BCUT2D eigenvalue weighted by atomic mass is 35.5. The molecular weight excluding hydrogens is 982 g/mol. The lowest BCUT2D eigenvalue weighted by molar-refractivity contribution is -0.165. The number of aromatic nitrogens is 4. The number of halogens is 5. The second-order valence-electron chi connectivity index (χ2n) is 15.8. The molecule has 0 spiro atoms. The predicted octanol–water partition coefficient (Wildman–Crippen LogP) is 9.03. The van der Waals surface area contributed by atoms with Crippen LogP contribution in [0.3, 0.4) is 0 Å². The summed E-state index contributed by atoms with van der Waals surface area (Å²) in [4.78, 5) is 56.8. The molecule has 4 heterocycles. The van der Waals surface area contributed by atoms with Crippen molar-refractivity contribution in [2.75, 3.05) is 28.2 Å². The first kappa shape index (κ1) is 54.7. The lowest BCUT2D eigenvalue weighted by Crippen LogP contribution is -2.39. The molecule has 0 aliphatic rings. The summed E-state index contributed by atoms with van der Waals surface area (Å²) >= 11 is 27.9. The van der Waals surface area contributed by atoms with Gasteiger partial charge < -0.3 is 44.1 Å². The molecule has 0 fully saturated rings. The number of aliphatic hydroxyl groups excluding tert-OH is 2. The fourth-order valence-corrected chi connectivity index (χ4v) is 7.22. The molecule has 7 rings (SSSR count). The first-order chi connectivity index (χ1) is 31.8. The number of likely N-dealkylation sites (N-methyl/N-ethyl adjacent to an activating group) is 2. The molecule has 0 saturated heterocycles. The molecular formula is C48H49Cl5N6O9. The Labute approximate surface area is 417 Å². The summed E-state index contributed by atoms with van der Waals surface area (Å²) in [6.07, 6.45) is 0.216. The number of carboxylic acid groups (broad SMARTS) is 2. The van der Waals surface area contributed by atoms with Crippen molar-refractivity contribution >= 4 is 93.1 Å². The van der Waals surface area contributed by atoms with Crippen LogP contribution in [0.5, 0.6) is 5.75 Å². The first-order valence-electron chi connectivity index (χ1n) is 20.4. The standard InChI is InChI=1S/2C19H21N3O.C6HCl5O.C4H6O6/c2*1-13-5-8-15(9-6-13)19-16(11-18(23)21(3)4)22-12-14(2)7-10-17(22)20-19;7-1-2(8)4(10)6(12)5(11)3(1)9;5-1(3(7)8)2(6)4(9)10/h2*5-10,12H,11H2,1-4H3;12H;1-2,5-6H,(H,7,8)(H,9,10). The van der Waals surface area contributed by atoms with Gasteiger partial charge in [-0.05, 0) is 51.0 Å². The lowest BCUT2D eigenvalue weighted by Gasteiger charge is -2.11. The molecule has 5 N–H and O–H groups in total. The number of aliphatic hydroxyl groups is 2. The number of phenolic OH excluding ortho intramolecular Hbond substituents is 1. The van der Waals surface area contributed by atoms with Gasteiger partial charge in [-0.3, -0.25) is 9.59 Å². The molecule has 2 unspecified atom stereocenters. The maximum atomic E-state index is 12.3. The van der Waals surface area contributed by atoms with E-state index in [0.717, 1.165) is 56.3 Å². The molecule has 20 heteroatoms. The summed E-state index contributed by atoms with van der Waals surface area (Å²) in [5.74, 6) is -3.76. The number of fused-ring (bicyclic) bond motifs is 2. The first-order valence-corrected chi connectivity index (χ1v) is 22.2. The third-order valence-corrected chi connectivity index (χ3v) is 12.3. The number of imidazole rings is 2. The Morgan fingerprint density at radius 2 is 0.809 bits per heavy atom. The number of hydrogen-bond donors (Lipinski definition) is 5. The minimum atomic E-state index is -2.27. The Balaban J connectivity index is 0.000000210.